The molecule has 5 heteroatoms. The molecule has 0 atom stereocenters. The van der Waals surface area contributed by atoms with Gasteiger partial charge in [-0.2, -0.15) is 13.2 Å². The van der Waals surface area contributed by atoms with Crippen molar-refractivity contribution in [2.75, 3.05) is 0 Å². The van der Waals surface area contributed by atoms with Crippen LogP contribution in [0.2, 0.25) is 0 Å². The molecule has 0 fully saturated rings. The Balaban J connectivity index is 3.26. The van der Waals surface area contributed by atoms with E-state index in [1.807, 2.05) is 0 Å². The molecule has 0 saturated heterocycles. The lowest BCUT2D eigenvalue weighted by atomic mass is 10.0. The molecule has 2 nitrogen and oxygen atoms in total. The second kappa shape index (κ2) is 6.13. The first-order valence-electron chi connectivity index (χ1n) is 5.35. The van der Waals surface area contributed by atoms with E-state index >= 15 is 0 Å². The van der Waals surface area contributed by atoms with Crippen molar-refractivity contribution in [3.63, 3.8) is 0 Å². The SMILES string of the molecule is C=N/C=C(\C=C(/C)C(F)(F)F)c1cccc(C=O)c1. The molecule has 0 bridgehead atoms. The van der Waals surface area contributed by atoms with Crippen LogP contribution in [0.4, 0.5) is 13.2 Å². The third-order valence-electron chi connectivity index (χ3n) is 2.41. The highest BCUT2D eigenvalue weighted by Crippen LogP contribution is 2.28. The zero-order chi connectivity index (χ0) is 14.5. The van der Waals surface area contributed by atoms with Crippen molar-refractivity contribution in [3.8, 4) is 0 Å². The molecule has 0 unspecified atom stereocenters. The summed E-state index contributed by atoms with van der Waals surface area (Å²) in [7, 11) is 0. The highest BCUT2D eigenvalue weighted by molar-refractivity contribution is 5.81. The molecular formula is C14H12F3NO. The van der Waals surface area contributed by atoms with Crippen LogP contribution < -0.4 is 0 Å². The highest BCUT2D eigenvalue weighted by atomic mass is 19.4. The lowest BCUT2D eigenvalue weighted by molar-refractivity contribution is -0.0912. The minimum atomic E-state index is -4.40. The molecule has 1 aromatic carbocycles. The number of allylic oxidation sites excluding steroid dienone is 3. The van der Waals surface area contributed by atoms with Crippen LogP contribution in [-0.4, -0.2) is 19.2 Å². The summed E-state index contributed by atoms with van der Waals surface area (Å²) in [6.45, 7) is 4.20. The maximum Gasteiger partial charge on any atom is 0.412 e. The van der Waals surface area contributed by atoms with E-state index in [-0.39, 0.29) is 5.57 Å². The van der Waals surface area contributed by atoms with Crippen LogP contribution >= 0.6 is 0 Å². The summed E-state index contributed by atoms with van der Waals surface area (Å²) >= 11 is 0. The first-order chi connectivity index (χ1) is 8.88. The van der Waals surface area contributed by atoms with E-state index in [0.717, 1.165) is 13.0 Å². The number of carbonyl (C=O) groups excluding carboxylic acids is 1. The molecular weight excluding hydrogens is 255 g/mol. The van der Waals surface area contributed by atoms with E-state index in [2.05, 4.69) is 11.7 Å². The first-order valence-corrected chi connectivity index (χ1v) is 5.35. The number of aliphatic imine (C=N–C) groups is 1. The van der Waals surface area contributed by atoms with Gasteiger partial charge in [0.15, 0.2) is 0 Å². The molecule has 0 N–H and O–H groups in total. The van der Waals surface area contributed by atoms with Crippen LogP contribution in [0, 0.1) is 0 Å². The van der Waals surface area contributed by atoms with E-state index in [0.29, 0.717) is 17.4 Å². The molecule has 0 aliphatic carbocycles. The van der Waals surface area contributed by atoms with E-state index in [9.17, 15) is 18.0 Å². The first kappa shape index (κ1) is 14.9. The predicted octanol–water partition coefficient (Wildman–Crippen LogP) is 4.05. The number of nitrogens with zero attached hydrogens (tertiary/aromatic N) is 1. The van der Waals surface area contributed by atoms with Gasteiger partial charge < -0.3 is 0 Å². The lowest BCUT2D eigenvalue weighted by Gasteiger charge is -2.08. The molecule has 19 heavy (non-hydrogen) atoms. The Kier molecular flexibility index (Phi) is 4.80. The van der Waals surface area contributed by atoms with E-state index < -0.39 is 11.7 Å². The summed E-state index contributed by atoms with van der Waals surface area (Å²) in [6.07, 6.45) is -1.58. The maximum absolute atomic E-state index is 12.5. The number of aldehydes is 1. The summed E-state index contributed by atoms with van der Waals surface area (Å²) in [6, 6.07) is 6.25. The predicted molar refractivity (Wildman–Crippen MR) is 69.2 cm³/mol. The van der Waals surface area contributed by atoms with E-state index in [4.69, 9.17) is 0 Å². The second-order valence-corrected chi connectivity index (χ2v) is 3.84. The number of rotatable bonds is 4. The standard InChI is InChI=1S/C14H12F3NO/c1-10(14(15,16)17)6-13(8-18-2)12-5-3-4-11(7-12)9-19/h3-9H,2H2,1H3/b10-6+,13-8+. The van der Waals surface area contributed by atoms with Crippen LogP contribution in [0.5, 0.6) is 0 Å². The van der Waals surface area contributed by atoms with Gasteiger partial charge in [-0.25, -0.2) is 0 Å². The summed E-state index contributed by atoms with van der Waals surface area (Å²) in [5.74, 6) is 0. The van der Waals surface area contributed by atoms with Gasteiger partial charge in [0.05, 0.1) is 0 Å². The third kappa shape index (κ3) is 4.21. The van der Waals surface area contributed by atoms with Gasteiger partial charge in [0.1, 0.15) is 6.29 Å². The summed E-state index contributed by atoms with van der Waals surface area (Å²) in [5, 5.41) is 0. The van der Waals surface area contributed by atoms with Crippen molar-refractivity contribution in [2.45, 2.75) is 13.1 Å². The van der Waals surface area contributed by atoms with E-state index in [1.165, 1.54) is 12.3 Å². The Morgan fingerprint density at radius 1 is 1.37 bits per heavy atom. The van der Waals surface area contributed by atoms with Gasteiger partial charge in [0.25, 0.3) is 0 Å². The molecule has 1 aromatic rings. The second-order valence-electron chi connectivity index (χ2n) is 3.84. The molecule has 0 heterocycles. The average molecular weight is 267 g/mol. The van der Waals surface area contributed by atoms with Gasteiger partial charge in [0.2, 0.25) is 0 Å². The zero-order valence-corrected chi connectivity index (χ0v) is 10.2. The Hall–Kier alpha value is -2.17. The zero-order valence-electron chi connectivity index (χ0n) is 10.2. The molecule has 0 aliphatic heterocycles. The number of halogens is 3. The highest BCUT2D eigenvalue weighted by Gasteiger charge is 2.30. The monoisotopic (exact) mass is 267 g/mol. The van der Waals surface area contributed by atoms with Gasteiger partial charge in [-0.05, 0) is 31.3 Å². The fourth-order valence-electron chi connectivity index (χ4n) is 1.40. The molecule has 1 rings (SSSR count). The van der Waals surface area contributed by atoms with Gasteiger partial charge in [-0.1, -0.05) is 18.2 Å². The summed E-state index contributed by atoms with van der Waals surface area (Å²) < 4.78 is 37.5. The molecule has 0 aliphatic rings. The summed E-state index contributed by atoms with van der Waals surface area (Å²) in [4.78, 5) is 14.2. The normalized spacial score (nSPS) is 13.3. The van der Waals surface area contributed by atoms with Crippen LogP contribution in [0.1, 0.15) is 22.8 Å². The lowest BCUT2D eigenvalue weighted by Crippen LogP contribution is -2.08. The molecule has 0 saturated carbocycles. The minimum absolute atomic E-state index is 0.244. The summed E-state index contributed by atoms with van der Waals surface area (Å²) in [5.41, 5.74) is 0.346. The van der Waals surface area contributed by atoms with Crippen molar-refractivity contribution in [2.24, 2.45) is 4.99 Å². The fourth-order valence-corrected chi connectivity index (χ4v) is 1.40. The van der Waals surface area contributed by atoms with Gasteiger partial charge >= 0.3 is 6.18 Å². The molecule has 100 valence electrons. The number of hydrogen-bond acceptors (Lipinski definition) is 2. The van der Waals surface area contributed by atoms with Crippen LogP contribution in [0.15, 0.2) is 47.1 Å². The largest absolute Gasteiger partial charge is 0.412 e. The Bertz CT molecular complexity index is 542. The van der Waals surface area contributed by atoms with Crippen molar-refractivity contribution in [1.82, 2.24) is 0 Å². The van der Waals surface area contributed by atoms with Gasteiger partial charge in [-0.15, -0.1) is 0 Å². The molecule has 0 radical (unpaired) electrons. The number of benzene rings is 1. The molecule has 0 amide bonds. The van der Waals surface area contributed by atoms with Crippen molar-refractivity contribution in [3.05, 3.63) is 53.2 Å². The van der Waals surface area contributed by atoms with Crippen molar-refractivity contribution >= 4 is 18.6 Å². The van der Waals surface area contributed by atoms with Crippen LogP contribution in [-0.2, 0) is 0 Å². The van der Waals surface area contributed by atoms with Crippen LogP contribution in [0.25, 0.3) is 5.57 Å². The third-order valence-corrected chi connectivity index (χ3v) is 2.41. The Morgan fingerprint density at radius 3 is 2.58 bits per heavy atom. The smallest absolute Gasteiger partial charge is 0.298 e. The van der Waals surface area contributed by atoms with Crippen LogP contribution in [0.3, 0.4) is 0 Å². The number of hydrogen-bond donors (Lipinski definition) is 0. The maximum atomic E-state index is 12.5. The number of carbonyl (C=O) groups is 1. The fraction of sp³-hybridized carbons (Fsp3) is 0.143. The van der Waals surface area contributed by atoms with Gasteiger partial charge in [-0.3, -0.25) is 9.79 Å². The Labute approximate surface area is 109 Å². The van der Waals surface area contributed by atoms with Gasteiger partial charge in [0, 0.05) is 22.9 Å². The Morgan fingerprint density at radius 2 is 2.05 bits per heavy atom. The molecule has 0 aromatic heterocycles. The topological polar surface area (TPSA) is 29.4 Å². The van der Waals surface area contributed by atoms with E-state index in [1.54, 1.807) is 18.2 Å². The minimum Gasteiger partial charge on any atom is -0.298 e. The quantitative estimate of drug-likeness (QED) is 0.459. The van der Waals surface area contributed by atoms with Crippen molar-refractivity contribution in [1.29, 1.82) is 0 Å². The number of alkyl halides is 3. The van der Waals surface area contributed by atoms with Crippen molar-refractivity contribution < 1.29 is 18.0 Å². The molecule has 0 spiro atoms. The average Bonchev–Trinajstić information content (AvgIpc) is 2.37.